The Balaban J connectivity index is 1.46. The van der Waals surface area contributed by atoms with Gasteiger partial charge in [0, 0.05) is 17.7 Å². The van der Waals surface area contributed by atoms with Crippen LogP contribution in [0.15, 0.2) is 54.6 Å². The summed E-state index contributed by atoms with van der Waals surface area (Å²) in [6.07, 6.45) is 0.852. The lowest BCUT2D eigenvalue weighted by Crippen LogP contribution is -3.12. The molecule has 4 nitrogen and oxygen atoms in total. The molecule has 1 fully saturated rings. The molecular weight excluding hydrogens is 300 g/mol. The van der Waals surface area contributed by atoms with E-state index in [4.69, 9.17) is 4.74 Å². The van der Waals surface area contributed by atoms with E-state index in [0.717, 1.165) is 44.8 Å². The second-order valence-corrected chi connectivity index (χ2v) is 6.23. The fraction of sp³-hybridized carbons (Fsp3) is 0.350. The smallest absolute Gasteiger partial charge is 0.251 e. The Labute approximate surface area is 143 Å². The summed E-state index contributed by atoms with van der Waals surface area (Å²) >= 11 is 0. The third kappa shape index (κ3) is 4.91. The molecule has 2 aromatic carbocycles. The normalized spacial score (nSPS) is 15.2. The minimum Gasteiger partial charge on any atom is -0.370 e. The zero-order valence-electron chi connectivity index (χ0n) is 14.0. The lowest BCUT2D eigenvalue weighted by Gasteiger charge is -2.23. The van der Waals surface area contributed by atoms with Crippen LogP contribution in [-0.4, -0.2) is 38.8 Å². The topological polar surface area (TPSA) is 42.8 Å². The van der Waals surface area contributed by atoms with Crippen molar-refractivity contribution in [2.45, 2.75) is 13.0 Å². The van der Waals surface area contributed by atoms with Crippen LogP contribution in [0.5, 0.6) is 0 Å². The zero-order valence-corrected chi connectivity index (χ0v) is 14.0. The molecule has 0 spiro atoms. The molecule has 1 saturated heterocycles. The monoisotopic (exact) mass is 325 g/mol. The van der Waals surface area contributed by atoms with Gasteiger partial charge in [0.25, 0.3) is 5.91 Å². The van der Waals surface area contributed by atoms with Crippen LogP contribution in [0.3, 0.4) is 0 Å². The average Bonchev–Trinajstić information content (AvgIpc) is 2.64. The van der Waals surface area contributed by atoms with E-state index in [0.29, 0.717) is 6.54 Å². The van der Waals surface area contributed by atoms with Crippen molar-refractivity contribution in [3.8, 4) is 0 Å². The van der Waals surface area contributed by atoms with Gasteiger partial charge in [-0.2, -0.15) is 0 Å². The molecule has 24 heavy (non-hydrogen) atoms. The zero-order chi connectivity index (χ0) is 16.6. The predicted octanol–water partition coefficient (Wildman–Crippen LogP) is 1.07. The Bertz CT molecular complexity index is 634. The number of amides is 1. The SMILES string of the molecule is O=C(NCCc1ccccc1)c1ccc(C[NH+]2CCOCC2)cc1. The van der Waals surface area contributed by atoms with Crippen molar-refractivity contribution < 1.29 is 14.4 Å². The molecule has 0 atom stereocenters. The number of benzene rings is 2. The molecule has 2 aromatic rings. The predicted molar refractivity (Wildman–Crippen MR) is 94.1 cm³/mol. The quantitative estimate of drug-likeness (QED) is 0.834. The van der Waals surface area contributed by atoms with Crippen molar-refractivity contribution in [1.29, 1.82) is 0 Å². The Morgan fingerprint density at radius 3 is 2.38 bits per heavy atom. The molecule has 1 amide bonds. The number of carbonyl (C=O) groups is 1. The summed E-state index contributed by atoms with van der Waals surface area (Å²) < 4.78 is 5.38. The van der Waals surface area contributed by atoms with Gasteiger partial charge in [-0.3, -0.25) is 4.79 Å². The van der Waals surface area contributed by atoms with Crippen LogP contribution < -0.4 is 10.2 Å². The van der Waals surface area contributed by atoms with E-state index in [1.165, 1.54) is 11.1 Å². The molecule has 0 bridgehead atoms. The van der Waals surface area contributed by atoms with E-state index in [1.54, 1.807) is 4.90 Å². The molecule has 3 rings (SSSR count). The summed E-state index contributed by atoms with van der Waals surface area (Å²) in [4.78, 5) is 13.7. The van der Waals surface area contributed by atoms with Gasteiger partial charge < -0.3 is 15.0 Å². The number of morpholine rings is 1. The first-order valence-electron chi connectivity index (χ1n) is 8.63. The Hall–Kier alpha value is -2.17. The summed E-state index contributed by atoms with van der Waals surface area (Å²) in [5.74, 6) is -0.00352. The molecule has 0 radical (unpaired) electrons. The van der Waals surface area contributed by atoms with Crippen molar-refractivity contribution in [3.05, 3.63) is 71.3 Å². The highest BCUT2D eigenvalue weighted by atomic mass is 16.5. The van der Waals surface area contributed by atoms with Gasteiger partial charge in [0.1, 0.15) is 19.6 Å². The molecule has 0 saturated carbocycles. The van der Waals surface area contributed by atoms with Gasteiger partial charge in [0.15, 0.2) is 0 Å². The largest absolute Gasteiger partial charge is 0.370 e. The number of carbonyl (C=O) groups excluding carboxylic acids is 1. The number of hydrogen-bond donors (Lipinski definition) is 2. The van der Waals surface area contributed by atoms with Gasteiger partial charge in [-0.15, -0.1) is 0 Å². The molecule has 2 N–H and O–H groups in total. The van der Waals surface area contributed by atoms with Crippen LogP contribution in [0.25, 0.3) is 0 Å². The van der Waals surface area contributed by atoms with Crippen LogP contribution >= 0.6 is 0 Å². The highest BCUT2D eigenvalue weighted by Crippen LogP contribution is 2.04. The average molecular weight is 325 g/mol. The minimum atomic E-state index is -0.00352. The first kappa shape index (κ1) is 16.7. The summed E-state index contributed by atoms with van der Waals surface area (Å²) in [5.41, 5.74) is 3.23. The third-order valence-corrected chi connectivity index (χ3v) is 4.41. The molecule has 1 aliphatic rings. The van der Waals surface area contributed by atoms with Crippen molar-refractivity contribution >= 4 is 5.91 Å². The van der Waals surface area contributed by atoms with Gasteiger partial charge in [-0.25, -0.2) is 0 Å². The second kappa shape index (κ2) is 8.62. The van der Waals surface area contributed by atoms with E-state index in [-0.39, 0.29) is 5.91 Å². The van der Waals surface area contributed by atoms with Crippen LogP contribution in [0.4, 0.5) is 0 Å². The van der Waals surface area contributed by atoms with Crippen LogP contribution in [0, 0.1) is 0 Å². The van der Waals surface area contributed by atoms with Gasteiger partial charge in [-0.1, -0.05) is 42.5 Å². The van der Waals surface area contributed by atoms with Gasteiger partial charge in [-0.05, 0) is 24.1 Å². The van der Waals surface area contributed by atoms with Gasteiger partial charge in [0.2, 0.25) is 0 Å². The highest BCUT2D eigenvalue weighted by Gasteiger charge is 2.14. The number of nitrogens with one attached hydrogen (secondary N) is 2. The van der Waals surface area contributed by atoms with Gasteiger partial charge in [0.05, 0.1) is 13.2 Å². The van der Waals surface area contributed by atoms with Crippen molar-refractivity contribution in [1.82, 2.24) is 5.32 Å². The number of hydrogen-bond acceptors (Lipinski definition) is 2. The van der Waals surface area contributed by atoms with Crippen LogP contribution in [-0.2, 0) is 17.7 Å². The fourth-order valence-corrected chi connectivity index (χ4v) is 2.97. The second-order valence-electron chi connectivity index (χ2n) is 6.23. The Kier molecular flexibility index (Phi) is 5.99. The third-order valence-electron chi connectivity index (χ3n) is 4.41. The summed E-state index contributed by atoms with van der Waals surface area (Å²) in [6.45, 7) is 5.46. The van der Waals surface area contributed by atoms with Crippen molar-refractivity contribution in [2.24, 2.45) is 0 Å². The lowest BCUT2D eigenvalue weighted by atomic mass is 10.1. The summed E-state index contributed by atoms with van der Waals surface area (Å²) in [7, 11) is 0. The fourth-order valence-electron chi connectivity index (χ4n) is 2.97. The number of ether oxygens (including phenoxy) is 1. The minimum absolute atomic E-state index is 0.00352. The molecule has 0 unspecified atom stereocenters. The van der Waals surface area contributed by atoms with Crippen LogP contribution in [0.2, 0.25) is 0 Å². The Morgan fingerprint density at radius 2 is 1.67 bits per heavy atom. The van der Waals surface area contributed by atoms with Gasteiger partial charge >= 0.3 is 0 Å². The summed E-state index contributed by atoms with van der Waals surface area (Å²) in [6, 6.07) is 18.2. The van der Waals surface area contributed by atoms with E-state index in [1.807, 2.05) is 30.3 Å². The first-order valence-corrected chi connectivity index (χ1v) is 8.63. The van der Waals surface area contributed by atoms with E-state index >= 15 is 0 Å². The molecular formula is C20H25N2O2+. The van der Waals surface area contributed by atoms with Crippen molar-refractivity contribution in [3.63, 3.8) is 0 Å². The maximum atomic E-state index is 12.2. The van der Waals surface area contributed by atoms with Crippen molar-refractivity contribution in [2.75, 3.05) is 32.8 Å². The van der Waals surface area contributed by atoms with E-state index in [9.17, 15) is 4.79 Å². The molecule has 1 aliphatic heterocycles. The first-order chi connectivity index (χ1) is 11.8. The lowest BCUT2D eigenvalue weighted by molar-refractivity contribution is -0.921. The highest BCUT2D eigenvalue weighted by molar-refractivity contribution is 5.94. The Morgan fingerprint density at radius 1 is 0.958 bits per heavy atom. The number of quaternary nitrogens is 1. The van der Waals surface area contributed by atoms with E-state index < -0.39 is 0 Å². The number of rotatable bonds is 6. The molecule has 1 heterocycles. The standard InChI is InChI=1S/C20H24N2O2/c23-20(21-11-10-17-4-2-1-3-5-17)19-8-6-18(7-9-19)16-22-12-14-24-15-13-22/h1-9H,10-16H2,(H,21,23)/p+1. The summed E-state index contributed by atoms with van der Waals surface area (Å²) in [5, 5.41) is 2.99. The molecule has 126 valence electrons. The maximum absolute atomic E-state index is 12.2. The van der Waals surface area contributed by atoms with E-state index in [2.05, 4.69) is 29.6 Å². The maximum Gasteiger partial charge on any atom is 0.251 e. The molecule has 0 aromatic heterocycles. The van der Waals surface area contributed by atoms with Crippen LogP contribution in [0.1, 0.15) is 21.5 Å². The molecule has 4 heteroatoms. The molecule has 0 aliphatic carbocycles.